The molecule has 5 N–H and O–H groups in total. The highest BCUT2D eigenvalue weighted by molar-refractivity contribution is 7.09. The molecule has 4 rings (SSSR count). The van der Waals surface area contributed by atoms with Gasteiger partial charge in [0.25, 0.3) is 11.8 Å². The van der Waals surface area contributed by atoms with Crippen molar-refractivity contribution in [2.24, 2.45) is 0 Å². The second-order valence-corrected chi connectivity index (χ2v) is 9.20. The van der Waals surface area contributed by atoms with E-state index in [9.17, 15) is 19.5 Å². The first kappa shape index (κ1) is 27.2. The maximum atomic E-state index is 13.9. The molecule has 0 saturated heterocycles. The molecule has 1 atom stereocenters. The van der Waals surface area contributed by atoms with Crippen LogP contribution in [0.3, 0.4) is 0 Å². The van der Waals surface area contributed by atoms with Crippen molar-refractivity contribution in [3.05, 3.63) is 94.4 Å². The van der Waals surface area contributed by atoms with E-state index in [0.717, 1.165) is 17.1 Å². The average Bonchev–Trinajstić information content (AvgIpc) is 3.61. The Hall–Kier alpha value is -4.84. The minimum absolute atomic E-state index is 0.00183. The number of phenolic OH excluding ortho intramolecular Hbond substituents is 1. The SMILES string of the molecule is CNC(=O)c1nsc(C(=O)N(Cc2ccco2)C(C(=O)NCc2ccc(OC)cc2)c2ccc(O)cc2)c1N. The van der Waals surface area contributed by atoms with Gasteiger partial charge in [-0.05, 0) is 59.1 Å². The highest BCUT2D eigenvalue weighted by Gasteiger charge is 2.35. The van der Waals surface area contributed by atoms with E-state index in [1.165, 1.54) is 30.3 Å². The van der Waals surface area contributed by atoms with E-state index < -0.39 is 23.8 Å². The molecular weight excluding hydrogens is 522 g/mol. The van der Waals surface area contributed by atoms with Crippen molar-refractivity contribution in [2.75, 3.05) is 19.9 Å². The zero-order valence-electron chi connectivity index (χ0n) is 21.2. The number of aromatic hydroxyl groups is 1. The maximum absolute atomic E-state index is 13.9. The Balaban J connectivity index is 1.72. The summed E-state index contributed by atoms with van der Waals surface area (Å²) < 4.78 is 14.7. The van der Waals surface area contributed by atoms with Gasteiger partial charge in [0, 0.05) is 13.6 Å². The molecule has 0 aliphatic rings. The number of anilines is 1. The fourth-order valence-corrected chi connectivity index (χ4v) is 4.63. The smallest absolute Gasteiger partial charge is 0.272 e. The van der Waals surface area contributed by atoms with Crippen molar-refractivity contribution in [1.29, 1.82) is 0 Å². The van der Waals surface area contributed by atoms with Crippen LogP contribution in [0.1, 0.15) is 43.1 Å². The predicted octanol–water partition coefficient (Wildman–Crippen LogP) is 3.09. The molecule has 39 heavy (non-hydrogen) atoms. The lowest BCUT2D eigenvalue weighted by Gasteiger charge is -2.30. The molecule has 12 heteroatoms. The van der Waals surface area contributed by atoms with Gasteiger partial charge in [-0.3, -0.25) is 14.4 Å². The number of carbonyl (C=O) groups excluding carboxylic acids is 3. The summed E-state index contributed by atoms with van der Waals surface area (Å²) in [5.74, 6) is -0.528. The fourth-order valence-electron chi connectivity index (χ4n) is 3.87. The third-order valence-electron chi connectivity index (χ3n) is 5.93. The van der Waals surface area contributed by atoms with Gasteiger partial charge in [0.05, 0.1) is 25.6 Å². The summed E-state index contributed by atoms with van der Waals surface area (Å²) in [4.78, 5) is 41.2. The van der Waals surface area contributed by atoms with Gasteiger partial charge in [-0.15, -0.1) is 0 Å². The van der Waals surface area contributed by atoms with Gasteiger partial charge in [-0.1, -0.05) is 24.3 Å². The molecule has 11 nitrogen and oxygen atoms in total. The number of methoxy groups -OCH3 is 1. The number of nitrogen functional groups attached to an aromatic ring is 1. The number of benzene rings is 2. The van der Waals surface area contributed by atoms with E-state index in [1.807, 2.05) is 12.1 Å². The molecule has 3 amide bonds. The van der Waals surface area contributed by atoms with Crippen molar-refractivity contribution < 1.29 is 28.6 Å². The number of nitrogens with one attached hydrogen (secondary N) is 2. The lowest BCUT2D eigenvalue weighted by atomic mass is 10.0. The van der Waals surface area contributed by atoms with Crippen LogP contribution in [-0.4, -0.2) is 46.3 Å². The molecule has 0 bridgehead atoms. The monoisotopic (exact) mass is 549 g/mol. The maximum Gasteiger partial charge on any atom is 0.272 e. The van der Waals surface area contributed by atoms with Crippen molar-refractivity contribution in [3.8, 4) is 11.5 Å². The Morgan fingerprint density at radius 1 is 1.13 bits per heavy atom. The number of hydrogen-bond acceptors (Lipinski definition) is 9. The standard InChI is InChI=1S/C27H27N5O6S/c1-29-25(34)22-21(28)24(39-31-22)27(36)32(15-20-4-3-13-38-20)23(17-7-9-18(33)10-8-17)26(35)30-14-16-5-11-19(37-2)12-6-16/h3-13,23,33H,14-15,28H2,1-2H3,(H,29,34)(H,30,35). The van der Waals surface area contributed by atoms with Crippen LogP contribution in [0.15, 0.2) is 71.3 Å². The summed E-state index contributed by atoms with van der Waals surface area (Å²) in [6.45, 7) is 0.101. The van der Waals surface area contributed by atoms with E-state index in [4.69, 9.17) is 14.9 Å². The fraction of sp³-hybridized carbons (Fsp3) is 0.185. The van der Waals surface area contributed by atoms with Gasteiger partial charge in [-0.25, -0.2) is 0 Å². The molecule has 0 spiro atoms. The summed E-state index contributed by atoms with van der Waals surface area (Å²) in [5.41, 5.74) is 7.25. The zero-order valence-corrected chi connectivity index (χ0v) is 22.0. The van der Waals surface area contributed by atoms with E-state index in [1.54, 1.807) is 43.5 Å². The minimum Gasteiger partial charge on any atom is -0.508 e. The van der Waals surface area contributed by atoms with E-state index in [2.05, 4.69) is 15.0 Å². The molecule has 1 unspecified atom stereocenters. The molecule has 202 valence electrons. The number of hydrogen-bond donors (Lipinski definition) is 4. The van der Waals surface area contributed by atoms with Crippen LogP contribution < -0.4 is 21.1 Å². The molecule has 0 fully saturated rings. The highest BCUT2D eigenvalue weighted by Crippen LogP contribution is 2.31. The van der Waals surface area contributed by atoms with Crippen molar-refractivity contribution in [2.45, 2.75) is 19.1 Å². The Bertz CT molecular complexity index is 1430. The molecule has 2 aromatic carbocycles. The Morgan fingerprint density at radius 2 is 1.85 bits per heavy atom. The van der Waals surface area contributed by atoms with Crippen LogP contribution >= 0.6 is 11.5 Å². The number of phenols is 1. The topological polar surface area (TPSA) is 160 Å². The van der Waals surface area contributed by atoms with E-state index in [0.29, 0.717) is 17.1 Å². The Labute approximate surface area is 228 Å². The summed E-state index contributed by atoms with van der Waals surface area (Å²) in [7, 11) is 3.00. The second kappa shape index (κ2) is 12.1. The van der Waals surface area contributed by atoms with Crippen LogP contribution in [0, 0.1) is 0 Å². The zero-order chi connectivity index (χ0) is 27.9. The van der Waals surface area contributed by atoms with Gasteiger partial charge >= 0.3 is 0 Å². The lowest BCUT2D eigenvalue weighted by molar-refractivity contribution is -0.126. The molecule has 0 aliphatic carbocycles. The average molecular weight is 550 g/mol. The van der Waals surface area contributed by atoms with Gasteiger partial charge < -0.3 is 35.5 Å². The number of carbonyl (C=O) groups is 3. The second-order valence-electron chi connectivity index (χ2n) is 8.43. The first-order valence-electron chi connectivity index (χ1n) is 11.8. The van der Waals surface area contributed by atoms with Crippen LogP contribution in [0.2, 0.25) is 0 Å². The Kier molecular flexibility index (Phi) is 8.46. The predicted molar refractivity (Wildman–Crippen MR) is 144 cm³/mol. The van der Waals surface area contributed by atoms with Crippen molar-refractivity contribution >= 4 is 34.9 Å². The number of rotatable bonds is 10. The van der Waals surface area contributed by atoms with Gasteiger partial charge in [0.15, 0.2) is 5.69 Å². The van der Waals surface area contributed by atoms with E-state index >= 15 is 0 Å². The largest absolute Gasteiger partial charge is 0.508 e. The quantitative estimate of drug-likeness (QED) is 0.235. The van der Waals surface area contributed by atoms with Crippen LogP contribution in [0.5, 0.6) is 11.5 Å². The molecule has 0 saturated carbocycles. The number of furan rings is 1. The molecule has 0 aliphatic heterocycles. The van der Waals surface area contributed by atoms with Crippen LogP contribution in [0.4, 0.5) is 5.69 Å². The van der Waals surface area contributed by atoms with Crippen molar-refractivity contribution in [3.63, 3.8) is 0 Å². The normalized spacial score (nSPS) is 11.4. The summed E-state index contributed by atoms with van der Waals surface area (Å²) >= 11 is 0.768. The molecule has 0 radical (unpaired) electrons. The van der Waals surface area contributed by atoms with Crippen LogP contribution in [0.25, 0.3) is 0 Å². The number of aromatic nitrogens is 1. The first-order valence-corrected chi connectivity index (χ1v) is 12.6. The van der Waals surface area contributed by atoms with E-state index in [-0.39, 0.29) is 35.1 Å². The minimum atomic E-state index is -1.15. The molecule has 2 aromatic heterocycles. The highest BCUT2D eigenvalue weighted by atomic mass is 32.1. The Morgan fingerprint density at radius 3 is 2.46 bits per heavy atom. The summed E-state index contributed by atoms with van der Waals surface area (Å²) in [5, 5.41) is 15.2. The number of nitrogens with zero attached hydrogens (tertiary/aromatic N) is 2. The van der Waals surface area contributed by atoms with Crippen LogP contribution in [-0.2, 0) is 17.9 Å². The van der Waals surface area contributed by atoms with Gasteiger partial charge in [-0.2, -0.15) is 4.37 Å². The third-order valence-corrected chi connectivity index (χ3v) is 6.78. The molecule has 4 aromatic rings. The third kappa shape index (κ3) is 6.18. The van der Waals surface area contributed by atoms with Gasteiger partial charge in [0.1, 0.15) is 28.2 Å². The summed E-state index contributed by atoms with van der Waals surface area (Å²) in [6, 6.07) is 15.4. The molecule has 2 heterocycles. The first-order chi connectivity index (χ1) is 18.8. The summed E-state index contributed by atoms with van der Waals surface area (Å²) in [6.07, 6.45) is 1.46. The lowest BCUT2D eigenvalue weighted by Crippen LogP contribution is -2.43. The van der Waals surface area contributed by atoms with Crippen molar-refractivity contribution in [1.82, 2.24) is 19.9 Å². The number of amides is 3. The molecular formula is C27H27N5O6S. The van der Waals surface area contributed by atoms with Gasteiger partial charge in [0.2, 0.25) is 5.91 Å². The number of ether oxygens (including phenoxy) is 1. The number of nitrogens with two attached hydrogens (primary N) is 1.